The molecule has 0 saturated heterocycles. The van der Waals surface area contributed by atoms with E-state index in [0.717, 1.165) is 19.3 Å². The van der Waals surface area contributed by atoms with Crippen molar-refractivity contribution in [1.82, 2.24) is 5.32 Å². The Bertz CT molecular complexity index is 385. The van der Waals surface area contributed by atoms with Crippen LogP contribution in [-0.4, -0.2) is 24.2 Å². The van der Waals surface area contributed by atoms with Gasteiger partial charge >= 0.3 is 0 Å². The van der Waals surface area contributed by atoms with E-state index in [4.69, 9.17) is 16.7 Å². The van der Waals surface area contributed by atoms with Crippen molar-refractivity contribution in [2.75, 3.05) is 13.2 Å². The predicted molar refractivity (Wildman–Crippen MR) is 72.4 cm³/mol. The summed E-state index contributed by atoms with van der Waals surface area (Å²) < 4.78 is 0.715. The Balaban J connectivity index is 2.44. The lowest BCUT2D eigenvalue weighted by atomic mass is 10.2. The summed E-state index contributed by atoms with van der Waals surface area (Å²) >= 11 is 9.29. The summed E-state index contributed by atoms with van der Waals surface area (Å²) in [6.07, 6.45) is 2.54. The standard InChI is InChI=1S/C12H15BrClNO2/c13-10-6-4-5-9(11(10)14)12(17)15-7-2-1-3-8-16/h4-6,16H,1-3,7-8H2,(H,15,17). The average Bonchev–Trinajstić information content (AvgIpc) is 2.32. The van der Waals surface area contributed by atoms with E-state index in [2.05, 4.69) is 21.2 Å². The maximum Gasteiger partial charge on any atom is 0.252 e. The molecule has 1 rings (SSSR count). The number of hydrogen-bond donors (Lipinski definition) is 2. The smallest absolute Gasteiger partial charge is 0.252 e. The molecule has 17 heavy (non-hydrogen) atoms. The van der Waals surface area contributed by atoms with Gasteiger partial charge in [0.2, 0.25) is 0 Å². The highest BCUT2D eigenvalue weighted by Gasteiger charge is 2.11. The summed E-state index contributed by atoms with van der Waals surface area (Å²) in [7, 11) is 0. The van der Waals surface area contributed by atoms with Gasteiger partial charge < -0.3 is 10.4 Å². The fourth-order valence-electron chi connectivity index (χ4n) is 1.39. The number of carbonyl (C=O) groups is 1. The summed E-state index contributed by atoms with van der Waals surface area (Å²) in [5.41, 5.74) is 0.475. The molecule has 0 aliphatic heterocycles. The molecule has 0 spiro atoms. The maximum absolute atomic E-state index is 11.8. The van der Waals surface area contributed by atoms with Crippen molar-refractivity contribution >= 4 is 33.4 Å². The SMILES string of the molecule is O=C(NCCCCCO)c1cccc(Br)c1Cl. The molecule has 0 aliphatic carbocycles. The number of amides is 1. The van der Waals surface area contributed by atoms with E-state index in [1.54, 1.807) is 18.2 Å². The van der Waals surface area contributed by atoms with Gasteiger partial charge in [-0.05, 0) is 47.3 Å². The van der Waals surface area contributed by atoms with Crippen LogP contribution in [0.15, 0.2) is 22.7 Å². The van der Waals surface area contributed by atoms with Gasteiger partial charge in [-0.2, -0.15) is 0 Å². The molecule has 0 bridgehead atoms. The quantitative estimate of drug-likeness (QED) is 0.792. The first-order valence-electron chi connectivity index (χ1n) is 5.50. The molecule has 1 aromatic carbocycles. The monoisotopic (exact) mass is 319 g/mol. The fraction of sp³-hybridized carbons (Fsp3) is 0.417. The highest BCUT2D eigenvalue weighted by Crippen LogP contribution is 2.25. The second-order valence-electron chi connectivity index (χ2n) is 3.64. The topological polar surface area (TPSA) is 49.3 Å². The Kier molecular flexibility index (Phi) is 6.55. The minimum Gasteiger partial charge on any atom is -0.396 e. The molecule has 0 saturated carbocycles. The van der Waals surface area contributed by atoms with Gasteiger partial charge in [0.15, 0.2) is 0 Å². The maximum atomic E-state index is 11.8. The van der Waals surface area contributed by atoms with E-state index < -0.39 is 0 Å². The normalized spacial score (nSPS) is 10.3. The van der Waals surface area contributed by atoms with Crippen LogP contribution in [0.2, 0.25) is 5.02 Å². The second-order valence-corrected chi connectivity index (χ2v) is 4.87. The van der Waals surface area contributed by atoms with Crippen molar-refractivity contribution in [2.45, 2.75) is 19.3 Å². The molecular weight excluding hydrogens is 305 g/mol. The van der Waals surface area contributed by atoms with Crippen molar-refractivity contribution in [3.05, 3.63) is 33.3 Å². The van der Waals surface area contributed by atoms with Crippen LogP contribution >= 0.6 is 27.5 Å². The van der Waals surface area contributed by atoms with Crippen LogP contribution in [0, 0.1) is 0 Å². The van der Waals surface area contributed by atoms with Crippen LogP contribution in [0.3, 0.4) is 0 Å². The van der Waals surface area contributed by atoms with Gasteiger partial charge in [0.05, 0.1) is 10.6 Å². The van der Waals surface area contributed by atoms with Crippen molar-refractivity contribution < 1.29 is 9.90 Å². The number of aliphatic hydroxyl groups excluding tert-OH is 1. The van der Waals surface area contributed by atoms with Crippen molar-refractivity contribution in [2.24, 2.45) is 0 Å². The molecule has 94 valence electrons. The lowest BCUT2D eigenvalue weighted by molar-refractivity contribution is 0.0953. The van der Waals surface area contributed by atoms with Gasteiger partial charge in [0.1, 0.15) is 0 Å². The van der Waals surface area contributed by atoms with Gasteiger partial charge in [-0.25, -0.2) is 0 Å². The molecule has 0 fully saturated rings. The van der Waals surface area contributed by atoms with Crippen LogP contribution in [0.5, 0.6) is 0 Å². The third kappa shape index (κ3) is 4.66. The van der Waals surface area contributed by atoms with E-state index >= 15 is 0 Å². The molecule has 0 aliphatic rings. The minimum atomic E-state index is -0.166. The highest BCUT2D eigenvalue weighted by molar-refractivity contribution is 9.10. The predicted octanol–water partition coefficient (Wildman–Crippen LogP) is 2.99. The molecule has 3 nitrogen and oxygen atoms in total. The zero-order valence-corrected chi connectivity index (χ0v) is 11.7. The summed E-state index contributed by atoms with van der Waals surface area (Å²) in [5.74, 6) is -0.166. The summed E-state index contributed by atoms with van der Waals surface area (Å²) in [5, 5.41) is 11.8. The Morgan fingerprint density at radius 1 is 1.35 bits per heavy atom. The number of nitrogens with one attached hydrogen (secondary N) is 1. The number of carbonyl (C=O) groups excluding carboxylic acids is 1. The zero-order valence-electron chi connectivity index (χ0n) is 9.38. The Morgan fingerprint density at radius 2 is 2.12 bits per heavy atom. The first-order chi connectivity index (χ1) is 8.16. The summed E-state index contributed by atoms with van der Waals surface area (Å²) in [6.45, 7) is 0.799. The van der Waals surface area contributed by atoms with E-state index in [-0.39, 0.29) is 12.5 Å². The second kappa shape index (κ2) is 7.69. The van der Waals surface area contributed by atoms with Gasteiger partial charge in [-0.1, -0.05) is 17.7 Å². The molecule has 0 aromatic heterocycles. The minimum absolute atomic E-state index is 0.166. The zero-order chi connectivity index (χ0) is 12.7. The Hall–Kier alpha value is -0.580. The molecule has 1 amide bonds. The molecule has 5 heteroatoms. The lowest BCUT2D eigenvalue weighted by Gasteiger charge is -2.07. The number of benzene rings is 1. The van der Waals surface area contributed by atoms with Gasteiger partial charge in [-0.3, -0.25) is 4.79 Å². The van der Waals surface area contributed by atoms with E-state index in [1.165, 1.54) is 0 Å². The molecule has 0 radical (unpaired) electrons. The van der Waals surface area contributed by atoms with E-state index in [9.17, 15) is 4.79 Å². The highest BCUT2D eigenvalue weighted by atomic mass is 79.9. The number of rotatable bonds is 6. The van der Waals surface area contributed by atoms with Gasteiger partial charge in [0, 0.05) is 17.6 Å². The number of halogens is 2. The number of unbranched alkanes of at least 4 members (excludes halogenated alkanes) is 2. The summed E-state index contributed by atoms with van der Waals surface area (Å²) in [4.78, 5) is 11.8. The number of hydrogen-bond acceptors (Lipinski definition) is 2. The van der Waals surface area contributed by atoms with Crippen LogP contribution in [0.4, 0.5) is 0 Å². The molecular formula is C12H15BrClNO2. The van der Waals surface area contributed by atoms with E-state index in [1.807, 2.05) is 0 Å². The lowest BCUT2D eigenvalue weighted by Crippen LogP contribution is -2.24. The first-order valence-corrected chi connectivity index (χ1v) is 6.67. The summed E-state index contributed by atoms with van der Waals surface area (Å²) in [6, 6.07) is 5.26. The fourth-order valence-corrected chi connectivity index (χ4v) is 1.97. The Morgan fingerprint density at radius 3 is 2.82 bits per heavy atom. The van der Waals surface area contributed by atoms with Gasteiger partial charge in [0.25, 0.3) is 5.91 Å². The van der Waals surface area contributed by atoms with Crippen molar-refractivity contribution in [3.63, 3.8) is 0 Å². The van der Waals surface area contributed by atoms with Crippen LogP contribution in [0.25, 0.3) is 0 Å². The molecule has 0 atom stereocenters. The van der Waals surface area contributed by atoms with Crippen LogP contribution in [-0.2, 0) is 0 Å². The average molecular weight is 321 g/mol. The molecule has 0 heterocycles. The first kappa shape index (κ1) is 14.5. The van der Waals surface area contributed by atoms with Crippen molar-refractivity contribution in [1.29, 1.82) is 0 Å². The molecule has 2 N–H and O–H groups in total. The number of aliphatic hydroxyl groups is 1. The van der Waals surface area contributed by atoms with E-state index in [0.29, 0.717) is 21.6 Å². The largest absolute Gasteiger partial charge is 0.396 e. The van der Waals surface area contributed by atoms with Crippen LogP contribution < -0.4 is 5.32 Å². The molecule has 1 aromatic rings. The van der Waals surface area contributed by atoms with Crippen molar-refractivity contribution in [3.8, 4) is 0 Å². The third-order valence-electron chi connectivity index (χ3n) is 2.32. The third-order valence-corrected chi connectivity index (χ3v) is 3.61. The Labute approximate surface area is 114 Å². The van der Waals surface area contributed by atoms with Gasteiger partial charge in [-0.15, -0.1) is 0 Å². The molecule has 0 unspecified atom stereocenters. The van der Waals surface area contributed by atoms with Crippen LogP contribution in [0.1, 0.15) is 29.6 Å².